The number of primary amides is 1. The highest BCUT2D eigenvalue weighted by Gasteiger charge is 2.39. The monoisotopic (exact) mass is 426 g/mol. The number of carbonyl (C=O) groups is 1. The van der Waals surface area contributed by atoms with Gasteiger partial charge in [-0.25, -0.2) is 4.79 Å². The zero-order valence-electron chi connectivity index (χ0n) is 16.3. The van der Waals surface area contributed by atoms with Crippen molar-refractivity contribution in [2.75, 3.05) is 4.90 Å². The Morgan fingerprint density at radius 1 is 1.35 bits per heavy atom. The number of allylic oxidation sites excluding steroid dienone is 5. The lowest BCUT2D eigenvalue weighted by molar-refractivity contribution is -0.137. The summed E-state index contributed by atoms with van der Waals surface area (Å²) in [7, 11) is 0. The maximum atomic E-state index is 13.1. The first-order valence-electron chi connectivity index (χ1n) is 8.73. The lowest BCUT2D eigenvalue weighted by Gasteiger charge is -2.40. The van der Waals surface area contributed by atoms with Crippen molar-refractivity contribution >= 4 is 17.7 Å². The molecule has 1 aliphatic rings. The van der Waals surface area contributed by atoms with E-state index in [1.54, 1.807) is 0 Å². The van der Waals surface area contributed by atoms with Crippen LogP contribution in [0.3, 0.4) is 0 Å². The zero-order chi connectivity index (χ0) is 23.3. The summed E-state index contributed by atoms with van der Waals surface area (Å²) in [5.74, 6) is -0.522. The van der Waals surface area contributed by atoms with Gasteiger partial charge in [-0.15, -0.1) is 0 Å². The Hall–Kier alpha value is -4.31. The van der Waals surface area contributed by atoms with Crippen molar-refractivity contribution in [3.8, 4) is 12.1 Å². The van der Waals surface area contributed by atoms with E-state index in [0.717, 1.165) is 28.0 Å². The topological polar surface area (TPSA) is 121 Å². The molecule has 0 radical (unpaired) electrons. The number of alkyl halides is 3. The van der Waals surface area contributed by atoms with Gasteiger partial charge in [-0.05, 0) is 31.2 Å². The largest absolute Gasteiger partial charge is 0.416 e. The molecule has 31 heavy (non-hydrogen) atoms. The predicted octanol–water partition coefficient (Wildman–Crippen LogP) is 4.20. The number of anilines is 1. The number of nitriles is 2. The van der Waals surface area contributed by atoms with Crippen molar-refractivity contribution in [2.24, 2.45) is 5.73 Å². The number of amides is 2. The molecule has 0 fully saturated rings. The number of nitrogens with one attached hydrogen (secondary N) is 1. The molecule has 0 bridgehead atoms. The highest BCUT2D eigenvalue weighted by molar-refractivity contribution is 6.07. The number of nitrogens with zero attached hydrogens (tertiary/aromatic N) is 4. The molecule has 0 saturated carbocycles. The summed E-state index contributed by atoms with van der Waals surface area (Å²) in [4.78, 5) is 13.9. The van der Waals surface area contributed by atoms with E-state index in [2.05, 4.69) is 6.58 Å². The van der Waals surface area contributed by atoms with Gasteiger partial charge in [0.1, 0.15) is 0 Å². The molecule has 0 aromatic heterocycles. The van der Waals surface area contributed by atoms with E-state index in [9.17, 15) is 23.2 Å². The standard InChI is InChI=1S/C21H17F3N6O/c1-3-14(11-25)6-4-9-18-17(12-26)13(2)29(19(27)30(18)20(28)31)16-8-5-7-15(10-16)21(22,23)24/h3-10,18,27H,1H2,2H3,(H2,28,31)/b9-4+,14-6+,27-19?. The van der Waals surface area contributed by atoms with Crippen LogP contribution in [-0.4, -0.2) is 22.9 Å². The van der Waals surface area contributed by atoms with E-state index in [4.69, 9.17) is 16.4 Å². The average Bonchev–Trinajstić information content (AvgIpc) is 2.70. The molecule has 1 aliphatic heterocycles. The molecular weight excluding hydrogens is 409 g/mol. The molecule has 0 aliphatic carbocycles. The Labute approximate surface area is 176 Å². The van der Waals surface area contributed by atoms with Crippen LogP contribution in [0.5, 0.6) is 0 Å². The van der Waals surface area contributed by atoms with Crippen molar-refractivity contribution in [3.63, 3.8) is 0 Å². The van der Waals surface area contributed by atoms with Gasteiger partial charge in [-0.1, -0.05) is 30.9 Å². The predicted molar refractivity (Wildman–Crippen MR) is 108 cm³/mol. The first-order chi connectivity index (χ1) is 14.6. The molecule has 1 atom stereocenters. The summed E-state index contributed by atoms with van der Waals surface area (Å²) in [6, 6.07) is 5.82. The van der Waals surface area contributed by atoms with E-state index in [0.29, 0.717) is 0 Å². The van der Waals surface area contributed by atoms with Crippen molar-refractivity contribution in [2.45, 2.75) is 19.1 Å². The van der Waals surface area contributed by atoms with Gasteiger partial charge >= 0.3 is 12.2 Å². The van der Waals surface area contributed by atoms with Crippen LogP contribution in [0, 0.1) is 28.1 Å². The smallest absolute Gasteiger partial charge is 0.351 e. The first-order valence-corrected chi connectivity index (χ1v) is 8.73. The number of hydrogen-bond donors (Lipinski definition) is 2. The maximum absolute atomic E-state index is 13.1. The molecule has 1 aromatic carbocycles. The fourth-order valence-electron chi connectivity index (χ4n) is 2.99. The number of halogens is 3. The molecular formula is C21H17F3N6O. The Bertz CT molecular complexity index is 1100. The Morgan fingerprint density at radius 2 is 2.03 bits per heavy atom. The van der Waals surface area contributed by atoms with Crippen molar-refractivity contribution in [1.82, 2.24) is 4.90 Å². The number of urea groups is 1. The minimum absolute atomic E-state index is 0.00558. The van der Waals surface area contributed by atoms with Gasteiger partial charge in [0.25, 0.3) is 0 Å². The molecule has 1 aromatic rings. The number of hydrogen-bond acceptors (Lipinski definition) is 4. The van der Waals surface area contributed by atoms with Gasteiger partial charge in [0, 0.05) is 11.4 Å². The van der Waals surface area contributed by atoms with Crippen LogP contribution < -0.4 is 10.6 Å². The van der Waals surface area contributed by atoms with Gasteiger partial charge in [-0.2, -0.15) is 23.7 Å². The SMILES string of the molecule is C=C/C(C#N)=C\C=C\C1C(C#N)=C(C)N(c2cccc(C(F)(F)F)c2)C(=N)N1C(N)=O. The number of benzene rings is 1. The van der Waals surface area contributed by atoms with Crippen LogP contribution in [0.2, 0.25) is 0 Å². The lowest BCUT2D eigenvalue weighted by Crippen LogP contribution is -2.57. The lowest BCUT2D eigenvalue weighted by atomic mass is 9.99. The average molecular weight is 426 g/mol. The summed E-state index contributed by atoms with van der Waals surface area (Å²) in [6.45, 7) is 4.92. The highest BCUT2D eigenvalue weighted by atomic mass is 19.4. The molecule has 0 spiro atoms. The summed E-state index contributed by atoms with van der Waals surface area (Å²) >= 11 is 0. The number of rotatable bonds is 4. The van der Waals surface area contributed by atoms with Crippen molar-refractivity contribution in [3.05, 3.63) is 77.6 Å². The van der Waals surface area contributed by atoms with Gasteiger partial charge in [-0.3, -0.25) is 15.2 Å². The Morgan fingerprint density at radius 3 is 2.55 bits per heavy atom. The van der Waals surface area contributed by atoms with Gasteiger partial charge < -0.3 is 5.73 Å². The second kappa shape index (κ2) is 9.01. The zero-order valence-corrected chi connectivity index (χ0v) is 16.3. The fraction of sp³-hybridized carbons (Fsp3) is 0.143. The summed E-state index contributed by atoms with van der Waals surface area (Å²) in [6.07, 6.45) is 0.860. The maximum Gasteiger partial charge on any atom is 0.416 e. The highest BCUT2D eigenvalue weighted by Crippen LogP contribution is 2.35. The van der Waals surface area contributed by atoms with Crippen LogP contribution in [0.1, 0.15) is 12.5 Å². The quantitative estimate of drug-likeness (QED) is 0.554. The van der Waals surface area contributed by atoms with Crippen LogP contribution >= 0.6 is 0 Å². The van der Waals surface area contributed by atoms with Crippen molar-refractivity contribution in [1.29, 1.82) is 15.9 Å². The number of carbonyl (C=O) groups excluding carboxylic acids is 1. The third-order valence-electron chi connectivity index (χ3n) is 4.45. The molecule has 0 saturated heterocycles. The molecule has 1 heterocycles. The molecule has 10 heteroatoms. The second-order valence-corrected chi connectivity index (χ2v) is 6.29. The normalized spacial score (nSPS) is 17.5. The van der Waals surface area contributed by atoms with Crippen LogP contribution in [-0.2, 0) is 6.18 Å². The second-order valence-electron chi connectivity index (χ2n) is 6.29. The van der Waals surface area contributed by atoms with E-state index in [1.807, 2.05) is 12.1 Å². The number of nitrogens with two attached hydrogens (primary N) is 1. The fourth-order valence-corrected chi connectivity index (χ4v) is 2.99. The van der Waals surface area contributed by atoms with Crippen LogP contribution in [0.25, 0.3) is 0 Å². The third kappa shape index (κ3) is 4.65. The molecule has 2 rings (SSSR count). The van der Waals surface area contributed by atoms with E-state index < -0.39 is 29.8 Å². The number of guanidine groups is 1. The van der Waals surface area contributed by atoms with E-state index >= 15 is 0 Å². The summed E-state index contributed by atoms with van der Waals surface area (Å²) in [5.41, 5.74) is 4.79. The van der Waals surface area contributed by atoms with E-state index in [-0.39, 0.29) is 22.5 Å². The minimum atomic E-state index is -4.62. The van der Waals surface area contributed by atoms with Crippen LogP contribution in [0.4, 0.5) is 23.7 Å². The van der Waals surface area contributed by atoms with Gasteiger partial charge in [0.2, 0.25) is 5.96 Å². The van der Waals surface area contributed by atoms with Crippen molar-refractivity contribution < 1.29 is 18.0 Å². The Kier molecular flexibility index (Phi) is 6.68. The van der Waals surface area contributed by atoms with Gasteiger partial charge in [0.15, 0.2) is 0 Å². The van der Waals surface area contributed by atoms with E-state index in [1.165, 1.54) is 37.3 Å². The molecule has 1 unspecified atom stereocenters. The minimum Gasteiger partial charge on any atom is -0.351 e. The molecule has 158 valence electrons. The van der Waals surface area contributed by atoms with Crippen LogP contribution in [0.15, 0.2) is 72.0 Å². The summed E-state index contributed by atoms with van der Waals surface area (Å²) in [5, 5.41) is 27.0. The molecule has 2 amide bonds. The van der Waals surface area contributed by atoms with Gasteiger partial charge in [0.05, 0.1) is 34.9 Å². The molecule has 7 nitrogen and oxygen atoms in total. The summed E-state index contributed by atoms with van der Waals surface area (Å²) < 4.78 is 39.4. The molecule has 3 N–H and O–H groups in total. The third-order valence-corrected chi connectivity index (χ3v) is 4.45. The Balaban J connectivity index is 2.65. The first kappa shape index (κ1) is 23.0.